The molecule has 3 heteroatoms. The van der Waals surface area contributed by atoms with Gasteiger partial charge in [-0.3, -0.25) is 4.98 Å². The molecular weight excluding hydrogens is 273 g/mol. The number of hydrogen-bond acceptors (Lipinski definition) is 1. The molecule has 1 aromatic carbocycles. The van der Waals surface area contributed by atoms with Gasteiger partial charge in [-0.25, -0.2) is 4.39 Å². The van der Waals surface area contributed by atoms with Crippen molar-refractivity contribution in [3.05, 3.63) is 70.3 Å². The van der Waals surface area contributed by atoms with Crippen LogP contribution in [0.1, 0.15) is 41.9 Å². The maximum Gasteiger partial charge on any atom is 0.145 e. The molecule has 3 rings (SSSR count). The van der Waals surface area contributed by atoms with E-state index in [0.29, 0.717) is 5.56 Å². The van der Waals surface area contributed by atoms with Crippen molar-refractivity contribution in [1.29, 1.82) is 0 Å². The zero-order valence-electron chi connectivity index (χ0n) is 11.2. The number of halogens is 2. The van der Waals surface area contributed by atoms with E-state index < -0.39 is 0 Å². The Balaban J connectivity index is 2.11. The minimum Gasteiger partial charge on any atom is -0.264 e. The number of nitrogens with zero attached hydrogens (tertiary/aromatic N) is 1. The van der Waals surface area contributed by atoms with Gasteiger partial charge in [-0.05, 0) is 41.5 Å². The molecule has 0 aliphatic heterocycles. The average molecular weight is 288 g/mol. The highest BCUT2D eigenvalue weighted by atomic mass is 35.5. The molecule has 0 N–H and O–H groups in total. The van der Waals surface area contributed by atoms with E-state index in [1.807, 2.05) is 24.4 Å². The predicted molar refractivity (Wildman–Crippen MR) is 80.5 cm³/mol. The molecule has 20 heavy (non-hydrogen) atoms. The van der Waals surface area contributed by atoms with Crippen molar-refractivity contribution in [3.8, 4) is 0 Å². The van der Waals surface area contributed by atoms with Crippen molar-refractivity contribution in [2.24, 2.45) is 0 Å². The molecule has 0 saturated heterocycles. The molecule has 2 unspecified atom stereocenters. The van der Waals surface area contributed by atoms with E-state index in [9.17, 15) is 4.39 Å². The Labute approximate surface area is 123 Å². The van der Waals surface area contributed by atoms with E-state index >= 15 is 0 Å². The summed E-state index contributed by atoms with van der Waals surface area (Å²) in [6, 6.07) is 7.48. The smallest absolute Gasteiger partial charge is 0.145 e. The summed E-state index contributed by atoms with van der Waals surface area (Å²) in [5, 5.41) is 0.191. The van der Waals surface area contributed by atoms with Crippen LogP contribution in [0.5, 0.6) is 0 Å². The van der Waals surface area contributed by atoms with Crippen LogP contribution in [0, 0.1) is 5.82 Å². The van der Waals surface area contributed by atoms with Gasteiger partial charge < -0.3 is 0 Å². The number of rotatable bonds is 1. The summed E-state index contributed by atoms with van der Waals surface area (Å²) in [5.41, 5.74) is 2.77. The third kappa shape index (κ3) is 2.25. The van der Waals surface area contributed by atoms with E-state index in [4.69, 9.17) is 11.6 Å². The van der Waals surface area contributed by atoms with Gasteiger partial charge in [0.1, 0.15) is 5.82 Å². The number of aromatic nitrogens is 1. The van der Waals surface area contributed by atoms with Gasteiger partial charge in [0, 0.05) is 18.0 Å². The lowest BCUT2D eigenvalue weighted by Gasteiger charge is -2.24. The molecule has 0 fully saturated rings. The number of hydrogen-bond donors (Lipinski definition) is 0. The summed E-state index contributed by atoms with van der Waals surface area (Å²) in [6.07, 6.45) is 8.59. The highest BCUT2D eigenvalue weighted by Crippen LogP contribution is 2.42. The lowest BCUT2D eigenvalue weighted by molar-refractivity contribution is 0.536. The molecular formula is C17H15ClFN. The summed E-state index contributed by atoms with van der Waals surface area (Å²) in [7, 11) is 0. The Kier molecular flexibility index (Phi) is 3.58. The lowest BCUT2D eigenvalue weighted by atomic mass is 9.81. The fraction of sp³-hybridized carbons (Fsp3) is 0.235. The van der Waals surface area contributed by atoms with Crippen LogP contribution in [0.15, 0.2) is 42.7 Å². The van der Waals surface area contributed by atoms with Crippen LogP contribution in [0.25, 0.3) is 6.08 Å². The Morgan fingerprint density at radius 2 is 2.15 bits per heavy atom. The average Bonchev–Trinajstić information content (AvgIpc) is 2.63. The van der Waals surface area contributed by atoms with Gasteiger partial charge >= 0.3 is 0 Å². The normalized spacial score (nSPS) is 21.4. The SMILES string of the molecule is CC1c2c(ccc(Cl)c2F)C=CCC1c1cccnc1. The van der Waals surface area contributed by atoms with E-state index in [-0.39, 0.29) is 22.7 Å². The first kappa shape index (κ1) is 13.3. The number of fused-ring (bicyclic) bond motifs is 1. The number of allylic oxidation sites excluding steroid dienone is 1. The van der Waals surface area contributed by atoms with Crippen molar-refractivity contribution < 1.29 is 4.39 Å². The Hall–Kier alpha value is -1.67. The summed E-state index contributed by atoms with van der Waals surface area (Å²) >= 11 is 5.95. The van der Waals surface area contributed by atoms with Crippen LogP contribution >= 0.6 is 11.6 Å². The second-order valence-electron chi connectivity index (χ2n) is 5.18. The Morgan fingerprint density at radius 3 is 2.90 bits per heavy atom. The number of pyridine rings is 1. The maximum atomic E-state index is 14.4. The molecule has 1 heterocycles. The molecule has 0 amide bonds. The summed E-state index contributed by atoms with van der Waals surface area (Å²) in [5.74, 6) is -0.0193. The Morgan fingerprint density at radius 1 is 1.30 bits per heavy atom. The molecule has 0 saturated carbocycles. The van der Waals surface area contributed by atoms with Crippen molar-refractivity contribution in [1.82, 2.24) is 4.98 Å². The number of benzene rings is 1. The third-order valence-corrected chi connectivity index (χ3v) is 4.32. The molecule has 2 atom stereocenters. The predicted octanol–water partition coefficient (Wildman–Crippen LogP) is 5.18. The minimum atomic E-state index is -0.294. The molecule has 0 spiro atoms. The largest absolute Gasteiger partial charge is 0.264 e. The highest BCUT2D eigenvalue weighted by Gasteiger charge is 2.27. The van der Waals surface area contributed by atoms with Gasteiger partial charge in [-0.1, -0.05) is 42.8 Å². The van der Waals surface area contributed by atoms with Gasteiger partial charge in [0.25, 0.3) is 0 Å². The lowest BCUT2D eigenvalue weighted by Crippen LogP contribution is -2.10. The molecule has 102 valence electrons. The zero-order chi connectivity index (χ0) is 14.1. The molecule has 0 radical (unpaired) electrons. The first-order valence-electron chi connectivity index (χ1n) is 6.73. The van der Waals surface area contributed by atoms with Crippen LogP contribution in [0.3, 0.4) is 0 Å². The second-order valence-corrected chi connectivity index (χ2v) is 5.59. The van der Waals surface area contributed by atoms with Crippen molar-refractivity contribution in [2.75, 3.05) is 0 Å². The first-order chi connectivity index (χ1) is 9.68. The molecule has 2 aromatic rings. The standard InChI is InChI=1S/C17H15ClFN/c1-11-14(13-5-3-9-20-10-13)6-2-4-12-7-8-15(18)17(19)16(11)12/h2-5,7-11,14H,6H2,1H3. The Bertz CT molecular complexity index is 652. The van der Waals surface area contributed by atoms with Gasteiger partial charge in [-0.2, -0.15) is 0 Å². The van der Waals surface area contributed by atoms with Crippen molar-refractivity contribution in [2.45, 2.75) is 25.2 Å². The zero-order valence-corrected chi connectivity index (χ0v) is 11.9. The second kappa shape index (κ2) is 5.37. The van der Waals surface area contributed by atoms with Gasteiger partial charge in [0.15, 0.2) is 0 Å². The molecule has 1 aliphatic carbocycles. The quantitative estimate of drug-likeness (QED) is 0.704. The van der Waals surface area contributed by atoms with Crippen LogP contribution in [-0.4, -0.2) is 4.98 Å². The van der Waals surface area contributed by atoms with E-state index in [0.717, 1.165) is 17.5 Å². The molecule has 0 bridgehead atoms. The molecule has 1 aliphatic rings. The van der Waals surface area contributed by atoms with Gasteiger partial charge in [-0.15, -0.1) is 0 Å². The molecule has 1 aromatic heterocycles. The first-order valence-corrected chi connectivity index (χ1v) is 7.10. The van der Waals surface area contributed by atoms with Crippen LogP contribution in [0.4, 0.5) is 4.39 Å². The van der Waals surface area contributed by atoms with E-state index in [1.165, 1.54) is 0 Å². The van der Waals surface area contributed by atoms with Crippen LogP contribution < -0.4 is 0 Å². The third-order valence-electron chi connectivity index (χ3n) is 4.03. The van der Waals surface area contributed by atoms with Crippen LogP contribution in [0.2, 0.25) is 5.02 Å². The highest BCUT2D eigenvalue weighted by molar-refractivity contribution is 6.30. The van der Waals surface area contributed by atoms with Gasteiger partial charge in [0.2, 0.25) is 0 Å². The van der Waals surface area contributed by atoms with E-state index in [1.54, 1.807) is 12.3 Å². The monoisotopic (exact) mass is 287 g/mol. The topological polar surface area (TPSA) is 12.9 Å². The minimum absolute atomic E-state index is 0.0582. The molecule has 1 nitrogen and oxygen atoms in total. The van der Waals surface area contributed by atoms with Crippen LogP contribution in [-0.2, 0) is 0 Å². The summed E-state index contributed by atoms with van der Waals surface area (Å²) in [4.78, 5) is 4.18. The fourth-order valence-corrected chi connectivity index (χ4v) is 3.12. The summed E-state index contributed by atoms with van der Waals surface area (Å²) < 4.78 is 14.4. The van der Waals surface area contributed by atoms with E-state index in [2.05, 4.69) is 24.1 Å². The van der Waals surface area contributed by atoms with Crippen molar-refractivity contribution >= 4 is 17.7 Å². The summed E-state index contributed by atoms with van der Waals surface area (Å²) in [6.45, 7) is 2.06. The van der Waals surface area contributed by atoms with Gasteiger partial charge in [0.05, 0.1) is 5.02 Å². The van der Waals surface area contributed by atoms with Crippen molar-refractivity contribution in [3.63, 3.8) is 0 Å². The fourth-order valence-electron chi connectivity index (χ4n) is 2.96. The maximum absolute atomic E-state index is 14.4.